The van der Waals surface area contributed by atoms with Crippen molar-refractivity contribution in [3.05, 3.63) is 51.8 Å². The summed E-state index contributed by atoms with van der Waals surface area (Å²) in [4.78, 5) is 8.14. The number of hydrogen-bond acceptors (Lipinski definition) is 3. The summed E-state index contributed by atoms with van der Waals surface area (Å²) in [6.07, 6.45) is 1.54. The van der Waals surface area contributed by atoms with E-state index in [0.29, 0.717) is 0 Å². The van der Waals surface area contributed by atoms with Gasteiger partial charge in [-0.2, -0.15) is 0 Å². The Hall–Kier alpha value is -0.580. The third-order valence-corrected chi connectivity index (χ3v) is 3.72. The molecule has 5 heteroatoms. The van der Waals surface area contributed by atoms with Gasteiger partial charge in [-0.1, -0.05) is 29.8 Å². The average molecular weight is 316 g/mol. The number of hydrogen-bond donors (Lipinski definition) is 0. The van der Waals surface area contributed by atoms with Crippen LogP contribution in [-0.2, 0) is 5.75 Å². The molecule has 0 N–H and O–H groups in total. The topological polar surface area (TPSA) is 25.8 Å². The van der Waals surface area contributed by atoms with Gasteiger partial charge >= 0.3 is 0 Å². The maximum Gasteiger partial charge on any atom is 0.118 e. The highest BCUT2D eigenvalue weighted by Crippen LogP contribution is 2.25. The summed E-state index contributed by atoms with van der Waals surface area (Å²) in [6, 6.07) is 9.72. The summed E-state index contributed by atoms with van der Waals surface area (Å²) in [5, 5.41) is 1.73. The Labute approximate surface area is 112 Å². The molecule has 0 saturated heterocycles. The number of halogens is 2. The van der Waals surface area contributed by atoms with E-state index in [2.05, 4.69) is 25.9 Å². The van der Waals surface area contributed by atoms with Gasteiger partial charge in [0, 0.05) is 16.8 Å². The fraction of sp³-hybridized carbons (Fsp3) is 0.0909. The van der Waals surface area contributed by atoms with Gasteiger partial charge in [0.1, 0.15) is 16.0 Å². The first kappa shape index (κ1) is 11.9. The fourth-order valence-electron chi connectivity index (χ4n) is 1.16. The molecule has 1 heterocycles. The normalized spacial score (nSPS) is 10.4. The van der Waals surface area contributed by atoms with Crippen molar-refractivity contribution in [1.29, 1.82) is 0 Å². The molecule has 0 aliphatic heterocycles. The number of rotatable bonds is 3. The van der Waals surface area contributed by atoms with Crippen LogP contribution in [0.25, 0.3) is 0 Å². The van der Waals surface area contributed by atoms with Crippen LogP contribution in [0.5, 0.6) is 0 Å². The van der Waals surface area contributed by atoms with Gasteiger partial charge in [0.25, 0.3) is 0 Å². The number of thioether (sulfide) groups is 1. The predicted molar refractivity (Wildman–Crippen MR) is 70.7 cm³/mol. The van der Waals surface area contributed by atoms with Crippen LogP contribution < -0.4 is 0 Å². The minimum absolute atomic E-state index is 0.795. The summed E-state index contributed by atoms with van der Waals surface area (Å²) in [5.74, 6) is 0.809. The molecule has 0 aliphatic rings. The third-order valence-electron chi connectivity index (χ3n) is 1.94. The second-order valence-corrected chi connectivity index (χ2v) is 5.27. The molecule has 0 atom stereocenters. The monoisotopic (exact) mass is 314 g/mol. The molecule has 0 unspecified atom stereocenters. The second-order valence-electron chi connectivity index (χ2n) is 3.06. The Kier molecular flexibility index (Phi) is 4.21. The Balaban J connectivity index is 2.05. The first-order chi connectivity index (χ1) is 7.75. The van der Waals surface area contributed by atoms with Crippen molar-refractivity contribution < 1.29 is 0 Å². The maximum atomic E-state index is 6.07. The number of aromatic nitrogens is 2. The van der Waals surface area contributed by atoms with Gasteiger partial charge in [-0.3, -0.25) is 0 Å². The molecule has 1 aromatic carbocycles. The van der Waals surface area contributed by atoms with E-state index in [1.54, 1.807) is 18.1 Å². The molecule has 16 heavy (non-hydrogen) atoms. The summed E-state index contributed by atoms with van der Waals surface area (Å²) in [5.41, 5.74) is 1.11. The van der Waals surface area contributed by atoms with Crippen molar-refractivity contribution in [1.82, 2.24) is 9.97 Å². The molecule has 0 spiro atoms. The summed E-state index contributed by atoms with van der Waals surface area (Å²) >= 11 is 11.0. The number of nitrogens with zero attached hydrogens (tertiary/aromatic N) is 2. The summed E-state index contributed by atoms with van der Waals surface area (Å²) in [6.45, 7) is 0. The van der Waals surface area contributed by atoms with E-state index < -0.39 is 0 Å². The molecule has 0 radical (unpaired) electrons. The first-order valence-corrected chi connectivity index (χ1v) is 6.75. The highest BCUT2D eigenvalue weighted by molar-refractivity contribution is 9.10. The maximum absolute atomic E-state index is 6.07. The van der Waals surface area contributed by atoms with Crippen molar-refractivity contribution >= 4 is 39.3 Å². The standard InChI is InChI=1S/C11H8BrClN2S/c12-10-5-11(15-7-14-10)16-6-8-3-1-2-4-9(8)13/h1-5,7H,6H2. The lowest BCUT2D eigenvalue weighted by Gasteiger charge is -2.03. The van der Waals surface area contributed by atoms with Gasteiger partial charge in [0.2, 0.25) is 0 Å². The van der Waals surface area contributed by atoms with E-state index in [1.165, 1.54) is 0 Å². The van der Waals surface area contributed by atoms with Gasteiger partial charge in [0.15, 0.2) is 0 Å². The molecule has 82 valence electrons. The van der Waals surface area contributed by atoms with Crippen LogP contribution in [0.15, 0.2) is 46.3 Å². The molecule has 1 aromatic heterocycles. The first-order valence-electron chi connectivity index (χ1n) is 4.59. The van der Waals surface area contributed by atoms with E-state index in [4.69, 9.17) is 11.6 Å². The van der Waals surface area contributed by atoms with Crippen molar-refractivity contribution in [2.75, 3.05) is 0 Å². The lowest BCUT2D eigenvalue weighted by atomic mass is 10.2. The Morgan fingerprint density at radius 1 is 1.25 bits per heavy atom. The Morgan fingerprint density at radius 2 is 2.06 bits per heavy atom. The van der Waals surface area contributed by atoms with Gasteiger partial charge in [0.05, 0.1) is 0 Å². The van der Waals surface area contributed by atoms with E-state index in [0.717, 1.165) is 26.0 Å². The van der Waals surface area contributed by atoms with E-state index in [1.807, 2.05) is 30.3 Å². The Bertz CT molecular complexity index is 493. The molecule has 0 bridgehead atoms. The zero-order valence-corrected chi connectivity index (χ0v) is 11.4. The summed E-state index contributed by atoms with van der Waals surface area (Å²) in [7, 11) is 0. The van der Waals surface area contributed by atoms with Crippen LogP contribution in [-0.4, -0.2) is 9.97 Å². The highest BCUT2D eigenvalue weighted by Gasteiger charge is 2.02. The predicted octanol–water partition coefficient (Wildman–Crippen LogP) is 4.18. The summed E-state index contributed by atoms with van der Waals surface area (Å²) < 4.78 is 0.796. The van der Waals surface area contributed by atoms with Crippen molar-refractivity contribution in [2.45, 2.75) is 10.8 Å². The van der Waals surface area contributed by atoms with Crippen LogP contribution >= 0.6 is 39.3 Å². The second kappa shape index (κ2) is 5.66. The lowest BCUT2D eigenvalue weighted by Crippen LogP contribution is -1.85. The van der Waals surface area contributed by atoms with Gasteiger partial charge in [-0.05, 0) is 27.6 Å². The van der Waals surface area contributed by atoms with Gasteiger partial charge in [-0.25, -0.2) is 9.97 Å². The van der Waals surface area contributed by atoms with Crippen LogP contribution in [0, 0.1) is 0 Å². The van der Waals surface area contributed by atoms with E-state index >= 15 is 0 Å². The van der Waals surface area contributed by atoms with Crippen molar-refractivity contribution in [3.8, 4) is 0 Å². The zero-order chi connectivity index (χ0) is 11.4. The third kappa shape index (κ3) is 3.20. The van der Waals surface area contributed by atoms with Crippen molar-refractivity contribution in [3.63, 3.8) is 0 Å². The molecule has 2 aromatic rings. The van der Waals surface area contributed by atoms with Crippen LogP contribution in [0.3, 0.4) is 0 Å². The lowest BCUT2D eigenvalue weighted by molar-refractivity contribution is 1.03. The molecule has 2 nitrogen and oxygen atoms in total. The molecular weight excluding hydrogens is 308 g/mol. The molecular formula is C11H8BrClN2S. The largest absolute Gasteiger partial charge is 0.230 e. The van der Waals surface area contributed by atoms with Crippen LogP contribution in [0.4, 0.5) is 0 Å². The quantitative estimate of drug-likeness (QED) is 0.627. The van der Waals surface area contributed by atoms with Gasteiger partial charge in [-0.15, -0.1) is 11.8 Å². The van der Waals surface area contributed by atoms with E-state index in [9.17, 15) is 0 Å². The number of benzene rings is 1. The minimum Gasteiger partial charge on any atom is -0.230 e. The fourth-order valence-corrected chi connectivity index (χ4v) is 2.78. The molecule has 0 aliphatic carbocycles. The smallest absolute Gasteiger partial charge is 0.118 e. The molecule has 0 saturated carbocycles. The SMILES string of the molecule is Clc1ccccc1CSc1cc(Br)ncn1. The Morgan fingerprint density at radius 3 is 2.81 bits per heavy atom. The minimum atomic E-state index is 0.795. The highest BCUT2D eigenvalue weighted by atomic mass is 79.9. The molecule has 2 rings (SSSR count). The molecule has 0 amide bonds. The molecule has 0 fully saturated rings. The van der Waals surface area contributed by atoms with Gasteiger partial charge < -0.3 is 0 Å². The van der Waals surface area contributed by atoms with E-state index in [-0.39, 0.29) is 0 Å². The zero-order valence-electron chi connectivity index (χ0n) is 8.23. The van der Waals surface area contributed by atoms with Crippen LogP contribution in [0.1, 0.15) is 5.56 Å². The average Bonchev–Trinajstić information content (AvgIpc) is 2.28. The van der Waals surface area contributed by atoms with Crippen molar-refractivity contribution in [2.24, 2.45) is 0 Å². The van der Waals surface area contributed by atoms with Crippen LogP contribution in [0.2, 0.25) is 5.02 Å².